The van der Waals surface area contributed by atoms with Crippen molar-refractivity contribution in [3.8, 4) is 22.6 Å². The first kappa shape index (κ1) is 14.4. The van der Waals surface area contributed by atoms with Crippen molar-refractivity contribution in [3.63, 3.8) is 0 Å². The van der Waals surface area contributed by atoms with Gasteiger partial charge in [-0.25, -0.2) is 0 Å². The molecule has 0 aliphatic heterocycles. The summed E-state index contributed by atoms with van der Waals surface area (Å²) in [6.07, 6.45) is -4.33. The molecule has 22 heavy (non-hydrogen) atoms. The van der Waals surface area contributed by atoms with Crippen LogP contribution in [0, 0.1) is 6.92 Å². The Hall–Kier alpha value is -2.49. The summed E-state index contributed by atoms with van der Waals surface area (Å²) in [4.78, 5) is 0. The van der Waals surface area contributed by atoms with Crippen molar-refractivity contribution in [2.45, 2.75) is 13.1 Å². The minimum atomic E-state index is -4.33. The molecule has 0 aliphatic rings. The van der Waals surface area contributed by atoms with Crippen LogP contribution in [0.5, 0.6) is 0 Å². The van der Waals surface area contributed by atoms with Crippen LogP contribution in [0.2, 0.25) is 0 Å². The molecule has 0 spiro atoms. The second-order valence-corrected chi connectivity index (χ2v) is 5.06. The fraction of sp³-hybridized carbons (Fsp3) is 0.111. The minimum Gasteiger partial charge on any atom is -0.456 e. The third-order valence-electron chi connectivity index (χ3n) is 3.45. The van der Waals surface area contributed by atoms with Crippen molar-refractivity contribution >= 4 is 0 Å². The standard InChI is InChI=1S/C18H13F3O/c1-12-11-16(22-17(12)14-5-3-2-4-6-14)13-7-9-15(10-8-13)18(19,20)21/h2-11H,1H3. The summed E-state index contributed by atoms with van der Waals surface area (Å²) in [5, 5.41) is 0. The summed E-state index contributed by atoms with van der Waals surface area (Å²) < 4.78 is 43.6. The van der Waals surface area contributed by atoms with Gasteiger partial charge < -0.3 is 4.42 Å². The van der Waals surface area contributed by atoms with Crippen LogP contribution < -0.4 is 0 Å². The Bertz CT molecular complexity index is 768. The lowest BCUT2D eigenvalue weighted by atomic mass is 10.1. The number of aryl methyl sites for hydroxylation is 1. The van der Waals surface area contributed by atoms with Gasteiger partial charge in [0.1, 0.15) is 11.5 Å². The van der Waals surface area contributed by atoms with Crippen molar-refractivity contribution in [1.29, 1.82) is 0 Å². The molecule has 1 heterocycles. The van der Waals surface area contributed by atoms with Gasteiger partial charge in [0, 0.05) is 11.1 Å². The lowest BCUT2D eigenvalue weighted by molar-refractivity contribution is -0.137. The second kappa shape index (κ2) is 5.37. The summed E-state index contributed by atoms with van der Waals surface area (Å²) in [5.74, 6) is 1.29. The van der Waals surface area contributed by atoms with Crippen LogP contribution in [-0.4, -0.2) is 0 Å². The van der Waals surface area contributed by atoms with Gasteiger partial charge in [0.2, 0.25) is 0 Å². The molecule has 0 amide bonds. The fourth-order valence-corrected chi connectivity index (χ4v) is 2.32. The molecule has 0 fully saturated rings. The van der Waals surface area contributed by atoms with Gasteiger partial charge in [0.25, 0.3) is 0 Å². The van der Waals surface area contributed by atoms with E-state index < -0.39 is 11.7 Å². The molecular formula is C18H13F3O. The highest BCUT2D eigenvalue weighted by atomic mass is 19.4. The fourth-order valence-electron chi connectivity index (χ4n) is 2.32. The number of alkyl halides is 3. The zero-order valence-corrected chi connectivity index (χ0v) is 11.8. The summed E-state index contributed by atoms with van der Waals surface area (Å²) in [6.45, 7) is 1.92. The number of benzene rings is 2. The third-order valence-corrected chi connectivity index (χ3v) is 3.45. The van der Waals surface area contributed by atoms with Gasteiger partial charge in [-0.2, -0.15) is 13.2 Å². The molecule has 3 aromatic rings. The van der Waals surface area contributed by atoms with Crippen molar-refractivity contribution < 1.29 is 17.6 Å². The summed E-state index contributed by atoms with van der Waals surface area (Å²) in [6, 6.07) is 16.4. The molecule has 112 valence electrons. The maximum absolute atomic E-state index is 12.6. The highest BCUT2D eigenvalue weighted by Crippen LogP contribution is 2.34. The molecule has 0 saturated carbocycles. The van der Waals surface area contributed by atoms with Gasteiger partial charge in [0.05, 0.1) is 5.56 Å². The average molecular weight is 302 g/mol. The maximum Gasteiger partial charge on any atom is 0.416 e. The van der Waals surface area contributed by atoms with Crippen LogP contribution in [-0.2, 0) is 6.18 Å². The van der Waals surface area contributed by atoms with Gasteiger partial charge in [-0.1, -0.05) is 42.5 Å². The molecule has 0 unspecified atom stereocenters. The lowest BCUT2D eigenvalue weighted by Crippen LogP contribution is -2.03. The van der Waals surface area contributed by atoms with E-state index in [1.54, 1.807) is 0 Å². The molecular weight excluding hydrogens is 289 g/mol. The van der Waals surface area contributed by atoms with E-state index in [1.165, 1.54) is 12.1 Å². The Labute approximate surface area is 126 Å². The first-order valence-electron chi connectivity index (χ1n) is 6.78. The molecule has 0 atom stereocenters. The van der Waals surface area contributed by atoms with E-state index in [9.17, 15) is 13.2 Å². The molecule has 4 heteroatoms. The number of furan rings is 1. The molecule has 1 nitrogen and oxygen atoms in total. The van der Waals surface area contributed by atoms with Crippen LogP contribution in [0.4, 0.5) is 13.2 Å². The van der Waals surface area contributed by atoms with Crippen LogP contribution in [0.3, 0.4) is 0 Å². The smallest absolute Gasteiger partial charge is 0.416 e. The van der Waals surface area contributed by atoms with Crippen LogP contribution in [0.1, 0.15) is 11.1 Å². The van der Waals surface area contributed by atoms with E-state index in [1.807, 2.05) is 43.3 Å². The Kier molecular flexibility index (Phi) is 3.53. The van der Waals surface area contributed by atoms with Gasteiger partial charge in [-0.15, -0.1) is 0 Å². The van der Waals surface area contributed by atoms with Crippen LogP contribution in [0.25, 0.3) is 22.6 Å². The minimum absolute atomic E-state index is 0.560. The summed E-state index contributed by atoms with van der Waals surface area (Å²) in [7, 11) is 0. The van der Waals surface area contributed by atoms with E-state index in [-0.39, 0.29) is 0 Å². The number of halogens is 3. The number of rotatable bonds is 2. The van der Waals surface area contributed by atoms with Gasteiger partial charge >= 0.3 is 6.18 Å². The molecule has 0 saturated heterocycles. The third kappa shape index (κ3) is 2.77. The molecule has 1 aromatic heterocycles. The normalized spacial score (nSPS) is 11.6. The van der Waals surface area contributed by atoms with Crippen molar-refractivity contribution in [3.05, 3.63) is 71.8 Å². The van der Waals surface area contributed by atoms with Gasteiger partial charge in [0.15, 0.2) is 0 Å². The second-order valence-electron chi connectivity index (χ2n) is 5.06. The Morgan fingerprint density at radius 2 is 1.45 bits per heavy atom. The van der Waals surface area contributed by atoms with Gasteiger partial charge in [-0.05, 0) is 30.7 Å². The Morgan fingerprint density at radius 3 is 2.05 bits per heavy atom. The zero-order valence-electron chi connectivity index (χ0n) is 11.8. The quantitative estimate of drug-likeness (QED) is 0.571. The number of hydrogen-bond acceptors (Lipinski definition) is 1. The topological polar surface area (TPSA) is 13.1 Å². The molecule has 0 N–H and O–H groups in total. The van der Waals surface area contributed by atoms with Crippen molar-refractivity contribution in [2.75, 3.05) is 0 Å². The Morgan fingerprint density at radius 1 is 0.818 bits per heavy atom. The Balaban J connectivity index is 1.97. The highest BCUT2D eigenvalue weighted by molar-refractivity contribution is 5.68. The molecule has 3 rings (SSSR count). The lowest BCUT2D eigenvalue weighted by Gasteiger charge is -2.06. The zero-order chi connectivity index (χ0) is 15.7. The molecule has 0 aliphatic carbocycles. The largest absolute Gasteiger partial charge is 0.456 e. The van der Waals surface area contributed by atoms with E-state index in [4.69, 9.17) is 4.42 Å². The monoisotopic (exact) mass is 302 g/mol. The van der Waals surface area contributed by atoms with E-state index in [2.05, 4.69) is 0 Å². The summed E-state index contributed by atoms with van der Waals surface area (Å²) >= 11 is 0. The summed E-state index contributed by atoms with van der Waals surface area (Å²) in [5.41, 5.74) is 1.85. The predicted octanol–water partition coefficient (Wildman–Crippen LogP) is 5.94. The van der Waals surface area contributed by atoms with Gasteiger partial charge in [-0.3, -0.25) is 0 Å². The predicted molar refractivity (Wildman–Crippen MR) is 79.3 cm³/mol. The molecule has 2 aromatic carbocycles. The number of hydrogen-bond donors (Lipinski definition) is 0. The van der Waals surface area contributed by atoms with Crippen molar-refractivity contribution in [2.24, 2.45) is 0 Å². The van der Waals surface area contributed by atoms with E-state index in [0.29, 0.717) is 11.3 Å². The van der Waals surface area contributed by atoms with Crippen LogP contribution >= 0.6 is 0 Å². The first-order valence-corrected chi connectivity index (χ1v) is 6.78. The average Bonchev–Trinajstić information content (AvgIpc) is 2.89. The maximum atomic E-state index is 12.6. The van der Waals surface area contributed by atoms with E-state index >= 15 is 0 Å². The van der Waals surface area contributed by atoms with E-state index in [0.717, 1.165) is 29.0 Å². The molecule has 0 bridgehead atoms. The first-order chi connectivity index (χ1) is 10.4. The highest BCUT2D eigenvalue weighted by Gasteiger charge is 2.30. The SMILES string of the molecule is Cc1cc(-c2ccc(C(F)(F)F)cc2)oc1-c1ccccc1. The van der Waals surface area contributed by atoms with Crippen molar-refractivity contribution in [1.82, 2.24) is 0 Å². The molecule has 0 radical (unpaired) electrons. The van der Waals surface area contributed by atoms with Crippen LogP contribution in [0.15, 0.2) is 65.1 Å².